The molecule has 29 heavy (non-hydrogen) atoms. The van der Waals surface area contributed by atoms with Crippen molar-refractivity contribution in [2.24, 2.45) is 0 Å². The van der Waals surface area contributed by atoms with Crippen molar-refractivity contribution < 1.29 is 22.3 Å². The first-order valence-corrected chi connectivity index (χ1v) is 10.3. The zero-order chi connectivity index (χ0) is 20.9. The molecule has 0 saturated carbocycles. The smallest absolute Gasteiger partial charge is 0.261 e. The zero-order valence-electron chi connectivity index (χ0n) is 15.6. The number of sulfonamides is 1. The Morgan fingerprint density at radius 1 is 0.897 bits per heavy atom. The van der Waals surface area contributed by atoms with Gasteiger partial charge in [-0.05, 0) is 79.7 Å². The Kier molecular flexibility index (Phi) is 6.13. The number of benzene rings is 3. The molecule has 3 aromatic rings. The van der Waals surface area contributed by atoms with E-state index < -0.39 is 15.8 Å². The molecule has 0 atom stereocenters. The first kappa shape index (κ1) is 20.3. The van der Waals surface area contributed by atoms with E-state index in [4.69, 9.17) is 4.74 Å². The van der Waals surface area contributed by atoms with Crippen molar-refractivity contribution in [2.75, 3.05) is 16.6 Å². The van der Waals surface area contributed by atoms with Crippen LogP contribution in [0.5, 0.6) is 5.75 Å². The Morgan fingerprint density at radius 3 is 2.07 bits per heavy atom. The molecule has 0 saturated heterocycles. The molecule has 0 bridgehead atoms. The van der Waals surface area contributed by atoms with Gasteiger partial charge >= 0.3 is 0 Å². The number of anilines is 2. The SMILES string of the molecule is CCOc1ccc(NC(=O)c2ccc(S(=O)(=O)Nc3ccc(F)cc3)cc2)cc1. The highest BCUT2D eigenvalue weighted by Crippen LogP contribution is 2.19. The fourth-order valence-corrected chi connectivity index (χ4v) is 3.58. The molecular weight excluding hydrogens is 395 g/mol. The fraction of sp³-hybridized carbons (Fsp3) is 0.0952. The van der Waals surface area contributed by atoms with Gasteiger partial charge in [0.25, 0.3) is 15.9 Å². The predicted molar refractivity (Wildman–Crippen MR) is 109 cm³/mol. The maximum Gasteiger partial charge on any atom is 0.261 e. The van der Waals surface area contributed by atoms with Crippen LogP contribution in [0, 0.1) is 5.82 Å². The molecule has 6 nitrogen and oxygen atoms in total. The molecule has 0 aliphatic heterocycles. The molecule has 0 unspecified atom stereocenters. The lowest BCUT2D eigenvalue weighted by molar-refractivity contribution is 0.102. The topological polar surface area (TPSA) is 84.5 Å². The highest BCUT2D eigenvalue weighted by molar-refractivity contribution is 7.92. The van der Waals surface area contributed by atoms with Gasteiger partial charge in [0.2, 0.25) is 0 Å². The lowest BCUT2D eigenvalue weighted by atomic mass is 10.2. The number of hydrogen-bond acceptors (Lipinski definition) is 4. The Morgan fingerprint density at radius 2 is 1.48 bits per heavy atom. The molecule has 3 aromatic carbocycles. The van der Waals surface area contributed by atoms with Gasteiger partial charge in [0.15, 0.2) is 0 Å². The number of carbonyl (C=O) groups excluding carboxylic acids is 1. The molecular formula is C21H19FN2O4S. The number of ether oxygens (including phenoxy) is 1. The first-order valence-electron chi connectivity index (χ1n) is 8.80. The van der Waals surface area contributed by atoms with Gasteiger partial charge in [-0.25, -0.2) is 12.8 Å². The number of halogens is 1. The third-order valence-electron chi connectivity index (χ3n) is 3.95. The molecule has 0 fully saturated rings. The van der Waals surface area contributed by atoms with E-state index in [-0.39, 0.29) is 16.5 Å². The van der Waals surface area contributed by atoms with Crippen molar-refractivity contribution in [1.82, 2.24) is 0 Å². The maximum atomic E-state index is 13.0. The number of amides is 1. The van der Waals surface area contributed by atoms with Crippen LogP contribution in [0.4, 0.5) is 15.8 Å². The number of carbonyl (C=O) groups is 1. The summed E-state index contributed by atoms with van der Waals surface area (Å²) in [5.41, 5.74) is 1.14. The van der Waals surface area contributed by atoms with Crippen molar-refractivity contribution >= 4 is 27.3 Å². The van der Waals surface area contributed by atoms with Crippen LogP contribution in [0.25, 0.3) is 0 Å². The van der Waals surface area contributed by atoms with Crippen molar-refractivity contribution in [3.05, 3.63) is 84.2 Å². The van der Waals surface area contributed by atoms with Crippen molar-refractivity contribution in [3.8, 4) is 5.75 Å². The minimum Gasteiger partial charge on any atom is -0.494 e. The molecule has 150 valence electrons. The summed E-state index contributed by atoms with van der Waals surface area (Å²) in [5, 5.41) is 2.74. The Balaban J connectivity index is 1.68. The third kappa shape index (κ3) is 5.32. The lowest BCUT2D eigenvalue weighted by Gasteiger charge is -2.10. The summed E-state index contributed by atoms with van der Waals surface area (Å²) in [4.78, 5) is 12.4. The fourth-order valence-electron chi connectivity index (χ4n) is 2.52. The van der Waals surface area contributed by atoms with E-state index in [1.54, 1.807) is 24.3 Å². The maximum absolute atomic E-state index is 13.0. The van der Waals surface area contributed by atoms with Crippen LogP contribution in [-0.2, 0) is 10.0 Å². The van der Waals surface area contributed by atoms with Gasteiger partial charge in [0, 0.05) is 16.9 Å². The molecule has 0 aromatic heterocycles. The molecule has 0 aliphatic carbocycles. The Labute approximate surface area is 168 Å². The van der Waals surface area contributed by atoms with Crippen LogP contribution in [0.15, 0.2) is 77.7 Å². The van der Waals surface area contributed by atoms with E-state index in [0.717, 1.165) is 12.1 Å². The van der Waals surface area contributed by atoms with E-state index in [0.29, 0.717) is 23.6 Å². The van der Waals surface area contributed by atoms with Crippen LogP contribution in [0.1, 0.15) is 17.3 Å². The molecule has 0 aliphatic rings. The normalized spacial score (nSPS) is 11.0. The zero-order valence-corrected chi connectivity index (χ0v) is 16.4. The monoisotopic (exact) mass is 414 g/mol. The minimum absolute atomic E-state index is 0.0144. The number of rotatable bonds is 7. The largest absolute Gasteiger partial charge is 0.494 e. The summed E-state index contributed by atoms with van der Waals surface area (Å²) in [6.07, 6.45) is 0. The molecule has 0 radical (unpaired) electrons. The van der Waals surface area contributed by atoms with E-state index in [1.807, 2.05) is 6.92 Å². The lowest BCUT2D eigenvalue weighted by Crippen LogP contribution is -2.14. The number of nitrogens with one attached hydrogen (secondary N) is 2. The molecule has 0 spiro atoms. The predicted octanol–water partition coefficient (Wildman–Crippen LogP) is 4.28. The number of hydrogen-bond donors (Lipinski definition) is 2. The van der Waals surface area contributed by atoms with Crippen LogP contribution in [0.3, 0.4) is 0 Å². The van der Waals surface area contributed by atoms with Crippen LogP contribution < -0.4 is 14.8 Å². The molecule has 8 heteroatoms. The van der Waals surface area contributed by atoms with E-state index in [9.17, 15) is 17.6 Å². The van der Waals surface area contributed by atoms with E-state index in [2.05, 4.69) is 10.0 Å². The van der Waals surface area contributed by atoms with Gasteiger partial charge in [-0.1, -0.05) is 0 Å². The first-order chi connectivity index (χ1) is 13.9. The second-order valence-electron chi connectivity index (χ2n) is 6.05. The summed E-state index contributed by atoms with van der Waals surface area (Å²) in [6.45, 7) is 2.44. The summed E-state index contributed by atoms with van der Waals surface area (Å²) in [6, 6.07) is 17.4. The second-order valence-corrected chi connectivity index (χ2v) is 7.73. The van der Waals surface area contributed by atoms with Crippen LogP contribution in [-0.4, -0.2) is 20.9 Å². The highest BCUT2D eigenvalue weighted by atomic mass is 32.2. The van der Waals surface area contributed by atoms with Crippen LogP contribution >= 0.6 is 0 Å². The van der Waals surface area contributed by atoms with Gasteiger partial charge in [-0.2, -0.15) is 0 Å². The molecule has 0 heterocycles. The Hall–Kier alpha value is -3.39. The highest BCUT2D eigenvalue weighted by Gasteiger charge is 2.15. The quantitative estimate of drug-likeness (QED) is 0.604. The molecule has 2 N–H and O–H groups in total. The molecule has 1 amide bonds. The minimum atomic E-state index is -3.86. The standard InChI is InChI=1S/C21H19FN2O4S/c1-2-28-19-11-9-17(10-12-19)23-21(25)15-3-13-20(14-4-15)29(26,27)24-18-7-5-16(22)6-8-18/h3-14,24H,2H2,1H3,(H,23,25). The van der Waals surface area contributed by atoms with Crippen molar-refractivity contribution in [3.63, 3.8) is 0 Å². The Bertz CT molecular complexity index is 1080. The van der Waals surface area contributed by atoms with Crippen molar-refractivity contribution in [1.29, 1.82) is 0 Å². The van der Waals surface area contributed by atoms with E-state index in [1.165, 1.54) is 36.4 Å². The summed E-state index contributed by atoms with van der Waals surface area (Å²) < 4.78 is 45.5. The van der Waals surface area contributed by atoms with Gasteiger partial charge < -0.3 is 10.1 Å². The summed E-state index contributed by atoms with van der Waals surface area (Å²) >= 11 is 0. The van der Waals surface area contributed by atoms with Gasteiger partial charge in [-0.3, -0.25) is 9.52 Å². The van der Waals surface area contributed by atoms with Crippen LogP contribution in [0.2, 0.25) is 0 Å². The van der Waals surface area contributed by atoms with E-state index >= 15 is 0 Å². The van der Waals surface area contributed by atoms with Gasteiger partial charge in [0.1, 0.15) is 11.6 Å². The van der Waals surface area contributed by atoms with Gasteiger partial charge in [0.05, 0.1) is 11.5 Å². The van der Waals surface area contributed by atoms with Gasteiger partial charge in [-0.15, -0.1) is 0 Å². The molecule has 3 rings (SSSR count). The van der Waals surface area contributed by atoms with Crippen molar-refractivity contribution in [2.45, 2.75) is 11.8 Å². The second kappa shape index (κ2) is 8.74. The summed E-state index contributed by atoms with van der Waals surface area (Å²) in [5.74, 6) is -0.130. The third-order valence-corrected chi connectivity index (χ3v) is 5.34. The summed E-state index contributed by atoms with van der Waals surface area (Å²) in [7, 11) is -3.86. The average molecular weight is 414 g/mol. The average Bonchev–Trinajstić information content (AvgIpc) is 2.71.